The van der Waals surface area contributed by atoms with Gasteiger partial charge < -0.3 is 19.5 Å². The number of aliphatic hydroxyl groups is 1. The van der Waals surface area contributed by atoms with Crippen molar-refractivity contribution in [1.29, 1.82) is 0 Å². The van der Waals surface area contributed by atoms with Crippen LogP contribution in [0.25, 0.3) is 21.8 Å². The lowest BCUT2D eigenvalue weighted by Crippen LogP contribution is -3.15. The second-order valence-corrected chi connectivity index (χ2v) is 7.26. The molecule has 0 unspecified atom stereocenters. The molecule has 2 aromatic carbocycles. The van der Waals surface area contributed by atoms with E-state index in [1.807, 2.05) is 4.90 Å². The molecular weight excluding hydrogens is 326 g/mol. The van der Waals surface area contributed by atoms with Crippen molar-refractivity contribution >= 4 is 27.7 Å². The number of nitrogens with zero attached hydrogens (tertiary/aromatic N) is 2. The Morgan fingerprint density at radius 2 is 1.58 bits per heavy atom. The Labute approximate surface area is 153 Å². The number of nitrogens with one attached hydrogen (secondary N) is 1. The van der Waals surface area contributed by atoms with Crippen LogP contribution < -0.4 is 4.90 Å². The third kappa shape index (κ3) is 3.20. The van der Waals surface area contributed by atoms with Crippen LogP contribution in [-0.2, 0) is 11.3 Å². The number of fused-ring (bicyclic) bond motifs is 3. The summed E-state index contributed by atoms with van der Waals surface area (Å²) in [6, 6.07) is 16.8. The van der Waals surface area contributed by atoms with Crippen LogP contribution in [0.3, 0.4) is 0 Å². The summed E-state index contributed by atoms with van der Waals surface area (Å²) in [5.41, 5.74) is 2.34. The number of carbonyl (C=O) groups is 1. The fraction of sp³-hybridized carbons (Fsp3) is 0.381. The van der Waals surface area contributed by atoms with E-state index in [-0.39, 0.29) is 5.91 Å². The topological polar surface area (TPSA) is 49.9 Å². The molecule has 1 saturated heterocycles. The SMILES string of the molecule is CC(=O)N1CC[NH+](C[C@H](O)Cn2c3ccccc3c3ccccc32)CC1. The summed E-state index contributed by atoms with van der Waals surface area (Å²) in [6.45, 7) is 6.32. The van der Waals surface area contributed by atoms with Gasteiger partial charge in [0.25, 0.3) is 0 Å². The van der Waals surface area contributed by atoms with E-state index in [0.717, 1.165) is 26.2 Å². The van der Waals surface area contributed by atoms with Crippen molar-refractivity contribution < 1.29 is 14.8 Å². The van der Waals surface area contributed by atoms with E-state index in [2.05, 4.69) is 53.1 Å². The average Bonchev–Trinajstić information content (AvgIpc) is 2.96. The number of aromatic nitrogens is 1. The van der Waals surface area contributed by atoms with E-state index in [9.17, 15) is 9.90 Å². The van der Waals surface area contributed by atoms with Crippen LogP contribution in [0.2, 0.25) is 0 Å². The van der Waals surface area contributed by atoms with Crippen LogP contribution in [0.1, 0.15) is 6.92 Å². The zero-order chi connectivity index (χ0) is 18.1. The van der Waals surface area contributed by atoms with Gasteiger partial charge in [0.2, 0.25) is 5.91 Å². The summed E-state index contributed by atoms with van der Waals surface area (Å²) in [6.07, 6.45) is -0.409. The number of piperazine rings is 1. The van der Waals surface area contributed by atoms with Crippen LogP contribution >= 0.6 is 0 Å². The van der Waals surface area contributed by atoms with Gasteiger partial charge in [-0.25, -0.2) is 0 Å². The molecule has 2 heterocycles. The number of amides is 1. The Bertz CT molecular complexity index is 872. The van der Waals surface area contributed by atoms with E-state index in [0.29, 0.717) is 13.1 Å². The first-order valence-electron chi connectivity index (χ1n) is 9.36. The van der Waals surface area contributed by atoms with Gasteiger partial charge in [-0.1, -0.05) is 36.4 Å². The van der Waals surface area contributed by atoms with Crippen molar-refractivity contribution in [2.45, 2.75) is 19.6 Å². The number of carbonyl (C=O) groups excluding carboxylic acids is 1. The van der Waals surface area contributed by atoms with Crippen molar-refractivity contribution in [3.8, 4) is 0 Å². The molecule has 1 amide bonds. The molecule has 1 aliphatic rings. The third-order valence-corrected chi connectivity index (χ3v) is 5.51. The lowest BCUT2D eigenvalue weighted by molar-refractivity contribution is -0.907. The molecule has 0 spiro atoms. The molecule has 0 aliphatic carbocycles. The van der Waals surface area contributed by atoms with Gasteiger partial charge in [-0.2, -0.15) is 0 Å². The predicted octanol–water partition coefficient (Wildman–Crippen LogP) is 0.902. The first-order chi connectivity index (χ1) is 12.6. The Morgan fingerprint density at radius 3 is 2.12 bits per heavy atom. The van der Waals surface area contributed by atoms with Crippen LogP contribution in [-0.4, -0.2) is 59.3 Å². The standard InChI is InChI=1S/C21H25N3O2/c1-16(25)23-12-10-22(11-13-23)14-17(26)15-24-20-8-4-2-6-18(20)19-7-3-5-9-21(19)24/h2-9,17,26H,10-15H2,1H3/p+1/t17-/m0/s1. The highest BCUT2D eigenvalue weighted by atomic mass is 16.3. The molecule has 1 fully saturated rings. The highest BCUT2D eigenvalue weighted by Crippen LogP contribution is 2.28. The van der Waals surface area contributed by atoms with Crippen LogP contribution in [0.5, 0.6) is 0 Å². The number of hydrogen-bond donors (Lipinski definition) is 2. The number of benzene rings is 2. The molecule has 0 radical (unpaired) electrons. The molecule has 0 saturated carbocycles. The molecule has 5 heteroatoms. The molecule has 26 heavy (non-hydrogen) atoms. The number of hydrogen-bond acceptors (Lipinski definition) is 2. The lowest BCUT2D eigenvalue weighted by atomic mass is 10.2. The maximum absolute atomic E-state index is 11.5. The van der Waals surface area contributed by atoms with Crippen molar-refractivity contribution in [2.75, 3.05) is 32.7 Å². The van der Waals surface area contributed by atoms with Crippen LogP contribution in [0.4, 0.5) is 0 Å². The fourth-order valence-corrected chi connectivity index (χ4v) is 4.15. The molecule has 0 bridgehead atoms. The minimum absolute atomic E-state index is 0.148. The minimum atomic E-state index is -0.409. The first kappa shape index (κ1) is 17.1. The van der Waals surface area contributed by atoms with Crippen LogP contribution in [0, 0.1) is 0 Å². The molecule has 2 N–H and O–H groups in total. The summed E-state index contributed by atoms with van der Waals surface area (Å²) >= 11 is 0. The summed E-state index contributed by atoms with van der Waals surface area (Å²) < 4.78 is 2.24. The Kier molecular flexibility index (Phi) is 4.66. The lowest BCUT2D eigenvalue weighted by Gasteiger charge is -2.32. The van der Waals surface area contributed by atoms with Crippen molar-refractivity contribution in [2.24, 2.45) is 0 Å². The number of aliphatic hydroxyl groups excluding tert-OH is 1. The predicted molar refractivity (Wildman–Crippen MR) is 103 cm³/mol. The van der Waals surface area contributed by atoms with Gasteiger partial charge in [-0.15, -0.1) is 0 Å². The molecule has 5 nitrogen and oxygen atoms in total. The maximum Gasteiger partial charge on any atom is 0.219 e. The number of rotatable bonds is 4. The van der Waals surface area contributed by atoms with E-state index in [4.69, 9.17) is 0 Å². The fourth-order valence-electron chi connectivity index (χ4n) is 4.15. The Balaban J connectivity index is 1.51. The van der Waals surface area contributed by atoms with Crippen LogP contribution in [0.15, 0.2) is 48.5 Å². The molecule has 136 valence electrons. The van der Waals surface area contributed by atoms with Gasteiger partial charge >= 0.3 is 0 Å². The molecule has 1 atom stereocenters. The molecule has 3 aromatic rings. The second-order valence-electron chi connectivity index (χ2n) is 7.26. The largest absolute Gasteiger partial charge is 0.385 e. The van der Waals surface area contributed by atoms with Gasteiger partial charge in [0, 0.05) is 28.7 Å². The third-order valence-electron chi connectivity index (χ3n) is 5.51. The smallest absolute Gasteiger partial charge is 0.219 e. The van der Waals surface area contributed by atoms with Crippen molar-refractivity contribution in [1.82, 2.24) is 9.47 Å². The van der Waals surface area contributed by atoms with Gasteiger partial charge in [-0.3, -0.25) is 4.79 Å². The van der Waals surface area contributed by atoms with Gasteiger partial charge in [0.05, 0.1) is 32.7 Å². The van der Waals surface area contributed by atoms with Crippen molar-refractivity contribution in [3.63, 3.8) is 0 Å². The Hall–Kier alpha value is -2.37. The highest BCUT2D eigenvalue weighted by molar-refractivity contribution is 6.07. The van der Waals surface area contributed by atoms with Crippen molar-refractivity contribution in [3.05, 3.63) is 48.5 Å². The second kappa shape index (κ2) is 7.09. The zero-order valence-corrected chi connectivity index (χ0v) is 15.2. The zero-order valence-electron chi connectivity index (χ0n) is 15.2. The normalized spacial score (nSPS) is 17.1. The summed E-state index contributed by atoms with van der Waals surface area (Å²) in [5.74, 6) is 0.148. The van der Waals surface area contributed by atoms with Gasteiger partial charge in [-0.05, 0) is 12.1 Å². The average molecular weight is 352 g/mol. The quantitative estimate of drug-likeness (QED) is 0.733. The van der Waals surface area contributed by atoms with Gasteiger partial charge in [0.1, 0.15) is 12.6 Å². The van der Waals surface area contributed by atoms with E-state index < -0.39 is 6.10 Å². The van der Waals surface area contributed by atoms with E-state index in [1.54, 1.807) is 6.92 Å². The number of quaternary nitrogens is 1. The van der Waals surface area contributed by atoms with Gasteiger partial charge in [0.15, 0.2) is 0 Å². The van der Waals surface area contributed by atoms with E-state index >= 15 is 0 Å². The van der Waals surface area contributed by atoms with E-state index in [1.165, 1.54) is 26.7 Å². The first-order valence-corrected chi connectivity index (χ1v) is 9.36. The summed E-state index contributed by atoms with van der Waals surface area (Å²) in [5, 5.41) is 13.2. The summed E-state index contributed by atoms with van der Waals surface area (Å²) in [4.78, 5) is 14.7. The minimum Gasteiger partial charge on any atom is -0.385 e. The number of para-hydroxylation sites is 2. The monoisotopic (exact) mass is 352 g/mol. The molecular formula is C21H26N3O2+. The molecule has 1 aromatic heterocycles. The molecule has 4 rings (SSSR count). The summed E-state index contributed by atoms with van der Waals surface area (Å²) in [7, 11) is 0. The Morgan fingerprint density at radius 1 is 1.04 bits per heavy atom. The highest BCUT2D eigenvalue weighted by Gasteiger charge is 2.24. The maximum atomic E-state index is 11.5. The molecule has 1 aliphatic heterocycles.